The number of anilines is 1. The van der Waals surface area contributed by atoms with Crippen LogP contribution in [-0.2, 0) is 11.7 Å². The number of hydrogen-bond donors (Lipinski definition) is 2. The van der Waals surface area contributed by atoms with Crippen LogP contribution >= 0.6 is 0 Å². The third-order valence-corrected chi connectivity index (χ3v) is 3.31. The van der Waals surface area contributed by atoms with Crippen LogP contribution in [-0.4, -0.2) is 11.5 Å². The maximum atomic E-state index is 12.5. The molecule has 2 aromatic rings. The summed E-state index contributed by atoms with van der Waals surface area (Å²) >= 11 is 0. The fourth-order valence-electron chi connectivity index (χ4n) is 1.97. The van der Waals surface area contributed by atoms with Gasteiger partial charge in [-0.3, -0.25) is 0 Å². The highest BCUT2D eigenvalue weighted by atomic mass is 19.4. The monoisotopic (exact) mass is 295 g/mol. The topological polar surface area (TPSA) is 50.9 Å². The number of halogens is 3. The van der Waals surface area contributed by atoms with Crippen molar-refractivity contribution < 1.29 is 13.2 Å². The van der Waals surface area contributed by atoms with Crippen LogP contribution < -0.4 is 11.1 Å². The van der Waals surface area contributed by atoms with Gasteiger partial charge in [0.2, 0.25) is 0 Å². The molecule has 3 N–H and O–H groups in total. The van der Waals surface area contributed by atoms with Gasteiger partial charge in [-0.25, -0.2) is 4.98 Å². The Hall–Kier alpha value is -2.08. The van der Waals surface area contributed by atoms with E-state index in [0.717, 1.165) is 17.8 Å². The molecule has 0 saturated heterocycles. The van der Waals surface area contributed by atoms with E-state index in [0.29, 0.717) is 5.82 Å². The Kier molecular flexibility index (Phi) is 4.18. The molecule has 0 aliphatic rings. The molecule has 0 amide bonds. The number of hydrogen-bond acceptors (Lipinski definition) is 3. The number of alkyl halides is 3. The fourth-order valence-corrected chi connectivity index (χ4v) is 1.97. The number of benzene rings is 1. The molecule has 2 rings (SSSR count). The molecule has 6 heteroatoms. The first kappa shape index (κ1) is 15.3. The smallest absolute Gasteiger partial charge is 0.360 e. The molecule has 1 aromatic heterocycles. The van der Waals surface area contributed by atoms with Crippen LogP contribution in [0.2, 0.25) is 0 Å². The highest BCUT2D eigenvalue weighted by Gasteiger charge is 2.31. The van der Waals surface area contributed by atoms with E-state index in [1.54, 1.807) is 0 Å². The molecule has 0 spiro atoms. The van der Waals surface area contributed by atoms with Gasteiger partial charge in [0.15, 0.2) is 0 Å². The van der Waals surface area contributed by atoms with Gasteiger partial charge in [0, 0.05) is 12.7 Å². The highest BCUT2D eigenvalue weighted by molar-refractivity contribution is 5.43. The Morgan fingerprint density at radius 3 is 2.19 bits per heavy atom. The summed E-state index contributed by atoms with van der Waals surface area (Å²) in [6, 6.07) is 11.8. The summed E-state index contributed by atoms with van der Waals surface area (Å²) in [6.07, 6.45) is -3.58. The molecule has 21 heavy (non-hydrogen) atoms. The molecule has 1 aromatic carbocycles. The molecule has 0 aliphatic carbocycles. The fraction of sp³-hybridized carbons (Fsp3) is 0.267. The predicted molar refractivity (Wildman–Crippen MR) is 75.7 cm³/mol. The van der Waals surface area contributed by atoms with Crippen molar-refractivity contribution in [3.8, 4) is 0 Å². The summed E-state index contributed by atoms with van der Waals surface area (Å²) in [5.41, 5.74) is 5.38. The Bertz CT molecular complexity index is 581. The molecule has 0 fully saturated rings. The third-order valence-electron chi connectivity index (χ3n) is 3.31. The van der Waals surface area contributed by atoms with E-state index in [1.807, 2.05) is 37.3 Å². The summed E-state index contributed by atoms with van der Waals surface area (Å²) in [5, 5.41) is 3.10. The van der Waals surface area contributed by atoms with E-state index in [-0.39, 0.29) is 6.54 Å². The van der Waals surface area contributed by atoms with Crippen molar-refractivity contribution in [2.75, 3.05) is 11.9 Å². The molecule has 0 aliphatic heterocycles. The van der Waals surface area contributed by atoms with Gasteiger partial charge < -0.3 is 11.1 Å². The van der Waals surface area contributed by atoms with Crippen molar-refractivity contribution in [3.05, 3.63) is 59.8 Å². The second-order valence-corrected chi connectivity index (χ2v) is 4.96. The van der Waals surface area contributed by atoms with Crippen LogP contribution in [0.5, 0.6) is 0 Å². The zero-order valence-corrected chi connectivity index (χ0v) is 11.5. The summed E-state index contributed by atoms with van der Waals surface area (Å²) in [7, 11) is 0. The highest BCUT2D eigenvalue weighted by Crippen LogP contribution is 2.30. The molecule has 1 heterocycles. The largest absolute Gasteiger partial charge is 0.417 e. The second-order valence-electron chi connectivity index (χ2n) is 4.96. The zero-order valence-electron chi connectivity index (χ0n) is 11.5. The molecule has 0 bridgehead atoms. The molecule has 0 saturated carbocycles. The van der Waals surface area contributed by atoms with Crippen molar-refractivity contribution in [1.82, 2.24) is 4.98 Å². The molecule has 112 valence electrons. The van der Waals surface area contributed by atoms with Crippen LogP contribution in [0.1, 0.15) is 18.1 Å². The van der Waals surface area contributed by atoms with E-state index in [9.17, 15) is 13.2 Å². The van der Waals surface area contributed by atoms with Crippen LogP contribution in [0.15, 0.2) is 48.7 Å². The lowest BCUT2D eigenvalue weighted by atomic mass is 9.92. The van der Waals surface area contributed by atoms with Gasteiger partial charge in [-0.15, -0.1) is 0 Å². The van der Waals surface area contributed by atoms with E-state index in [4.69, 9.17) is 5.73 Å². The number of rotatable bonds is 4. The first-order valence-corrected chi connectivity index (χ1v) is 6.42. The maximum Gasteiger partial charge on any atom is 0.417 e. The van der Waals surface area contributed by atoms with Gasteiger partial charge in [0.05, 0.1) is 11.1 Å². The SMILES string of the molecule is CC(CN)(Nc1ccc(C(F)(F)F)cn1)c1ccccc1. The number of pyridine rings is 1. The van der Waals surface area contributed by atoms with E-state index in [1.165, 1.54) is 6.07 Å². The molecule has 1 unspecified atom stereocenters. The van der Waals surface area contributed by atoms with Gasteiger partial charge >= 0.3 is 6.18 Å². The van der Waals surface area contributed by atoms with Crippen molar-refractivity contribution in [2.45, 2.75) is 18.6 Å². The van der Waals surface area contributed by atoms with Gasteiger partial charge in [0.25, 0.3) is 0 Å². The summed E-state index contributed by atoms with van der Waals surface area (Å²) in [4.78, 5) is 3.82. The molecule has 3 nitrogen and oxygen atoms in total. The van der Waals surface area contributed by atoms with Crippen molar-refractivity contribution in [1.29, 1.82) is 0 Å². The van der Waals surface area contributed by atoms with Crippen LogP contribution in [0, 0.1) is 0 Å². The molecular formula is C15H16F3N3. The van der Waals surface area contributed by atoms with Crippen molar-refractivity contribution in [2.24, 2.45) is 5.73 Å². The summed E-state index contributed by atoms with van der Waals surface area (Å²) in [6.45, 7) is 2.15. The lowest BCUT2D eigenvalue weighted by molar-refractivity contribution is -0.137. The zero-order chi connectivity index (χ0) is 15.5. The van der Waals surface area contributed by atoms with Gasteiger partial charge in [-0.2, -0.15) is 13.2 Å². The minimum atomic E-state index is -4.39. The lowest BCUT2D eigenvalue weighted by Crippen LogP contribution is -2.39. The number of nitrogens with zero attached hydrogens (tertiary/aromatic N) is 1. The third kappa shape index (κ3) is 3.52. The Labute approximate surface area is 121 Å². The minimum Gasteiger partial charge on any atom is -0.360 e. The molecular weight excluding hydrogens is 279 g/mol. The number of nitrogens with two attached hydrogens (primary N) is 1. The lowest BCUT2D eigenvalue weighted by Gasteiger charge is -2.30. The van der Waals surface area contributed by atoms with E-state index < -0.39 is 17.3 Å². The standard InChI is InChI=1S/C15H16F3N3/c1-14(10-19,11-5-3-2-4-6-11)21-13-8-7-12(9-20-13)15(16,17)18/h2-9H,10,19H2,1H3,(H,20,21). The normalized spacial score (nSPS) is 14.5. The number of aromatic nitrogens is 1. The summed E-state index contributed by atoms with van der Waals surface area (Å²) < 4.78 is 37.5. The molecule has 0 radical (unpaired) electrons. The first-order valence-electron chi connectivity index (χ1n) is 6.42. The van der Waals surface area contributed by atoms with E-state index in [2.05, 4.69) is 10.3 Å². The van der Waals surface area contributed by atoms with Crippen LogP contribution in [0.25, 0.3) is 0 Å². The van der Waals surface area contributed by atoms with Gasteiger partial charge in [0.1, 0.15) is 5.82 Å². The Balaban J connectivity index is 2.23. The Morgan fingerprint density at radius 2 is 1.71 bits per heavy atom. The minimum absolute atomic E-state index is 0.277. The van der Waals surface area contributed by atoms with Crippen molar-refractivity contribution >= 4 is 5.82 Å². The van der Waals surface area contributed by atoms with Gasteiger partial charge in [-0.05, 0) is 24.6 Å². The predicted octanol–water partition coefficient (Wildman–Crippen LogP) is 3.39. The Morgan fingerprint density at radius 1 is 1.05 bits per heavy atom. The van der Waals surface area contributed by atoms with Crippen LogP contribution in [0.3, 0.4) is 0 Å². The van der Waals surface area contributed by atoms with Gasteiger partial charge in [-0.1, -0.05) is 30.3 Å². The van der Waals surface area contributed by atoms with Crippen molar-refractivity contribution in [3.63, 3.8) is 0 Å². The number of nitrogens with one attached hydrogen (secondary N) is 1. The average Bonchev–Trinajstić information content (AvgIpc) is 2.47. The summed E-state index contributed by atoms with van der Waals surface area (Å²) in [5.74, 6) is 0.347. The van der Waals surface area contributed by atoms with E-state index >= 15 is 0 Å². The maximum absolute atomic E-state index is 12.5. The second kappa shape index (κ2) is 5.73. The quantitative estimate of drug-likeness (QED) is 0.909. The molecule has 1 atom stereocenters. The van der Waals surface area contributed by atoms with Crippen LogP contribution in [0.4, 0.5) is 19.0 Å². The average molecular weight is 295 g/mol. The first-order chi connectivity index (χ1) is 9.85.